The van der Waals surface area contributed by atoms with Crippen molar-refractivity contribution in [3.63, 3.8) is 0 Å². The summed E-state index contributed by atoms with van der Waals surface area (Å²) in [5.74, 6) is 0.700. The Morgan fingerprint density at radius 2 is 1.94 bits per heavy atom. The molecular formula is C27H31N3O3. The Balaban J connectivity index is 1.30. The number of furan rings is 1. The second-order valence-electron chi connectivity index (χ2n) is 8.73. The Labute approximate surface area is 194 Å². The van der Waals surface area contributed by atoms with Gasteiger partial charge in [0.2, 0.25) is 0 Å². The summed E-state index contributed by atoms with van der Waals surface area (Å²) in [4.78, 5) is 18.2. The molecule has 0 radical (unpaired) electrons. The van der Waals surface area contributed by atoms with E-state index in [4.69, 9.17) is 9.15 Å². The van der Waals surface area contributed by atoms with Gasteiger partial charge in [-0.05, 0) is 75.3 Å². The van der Waals surface area contributed by atoms with Crippen LogP contribution in [0.5, 0.6) is 5.75 Å². The second kappa shape index (κ2) is 9.96. The molecule has 6 nitrogen and oxygen atoms in total. The van der Waals surface area contributed by atoms with Gasteiger partial charge in [0, 0.05) is 40.8 Å². The van der Waals surface area contributed by atoms with Crippen molar-refractivity contribution in [1.82, 2.24) is 15.2 Å². The van der Waals surface area contributed by atoms with Gasteiger partial charge in [0.25, 0.3) is 5.91 Å². The number of nitrogens with one attached hydrogen (secondary N) is 2. The Kier molecular flexibility index (Phi) is 6.84. The van der Waals surface area contributed by atoms with Crippen LogP contribution in [0.2, 0.25) is 0 Å². The minimum Gasteiger partial charge on any atom is -0.489 e. The van der Waals surface area contributed by atoms with Crippen molar-refractivity contribution < 1.29 is 13.9 Å². The zero-order valence-electron chi connectivity index (χ0n) is 19.6. The van der Waals surface area contributed by atoms with Gasteiger partial charge in [0.15, 0.2) is 0 Å². The first-order valence-corrected chi connectivity index (χ1v) is 11.2. The molecule has 0 aliphatic carbocycles. The third-order valence-corrected chi connectivity index (χ3v) is 5.84. The number of carbonyl (C=O) groups excluding carboxylic acids is 1. The van der Waals surface area contributed by atoms with E-state index in [0.29, 0.717) is 12.1 Å². The molecule has 0 aliphatic heterocycles. The molecule has 0 bridgehead atoms. The molecular weight excluding hydrogens is 414 g/mol. The Bertz CT molecular complexity index is 1230. The third kappa shape index (κ3) is 5.65. The maximum atomic E-state index is 12.7. The number of aromatic amines is 1. The Morgan fingerprint density at radius 1 is 1.12 bits per heavy atom. The van der Waals surface area contributed by atoms with E-state index in [9.17, 15) is 4.79 Å². The molecule has 2 heterocycles. The molecule has 1 atom stereocenters. The van der Waals surface area contributed by atoms with Crippen molar-refractivity contribution >= 4 is 16.8 Å². The number of ether oxygens (including phenoxy) is 1. The van der Waals surface area contributed by atoms with Crippen LogP contribution in [0.25, 0.3) is 10.9 Å². The molecule has 33 heavy (non-hydrogen) atoms. The molecule has 0 aliphatic rings. The smallest absolute Gasteiger partial charge is 0.251 e. The number of rotatable bonds is 9. The summed E-state index contributed by atoms with van der Waals surface area (Å²) >= 11 is 0. The highest BCUT2D eigenvalue weighted by Gasteiger charge is 2.12. The Morgan fingerprint density at radius 3 is 2.73 bits per heavy atom. The van der Waals surface area contributed by atoms with E-state index < -0.39 is 0 Å². The number of nitrogens with zero attached hydrogens (tertiary/aromatic N) is 1. The summed E-state index contributed by atoms with van der Waals surface area (Å²) in [5.41, 5.74) is 6.31. The topological polar surface area (TPSA) is 70.5 Å². The normalized spacial score (nSPS) is 12.3. The van der Waals surface area contributed by atoms with E-state index in [-0.39, 0.29) is 12.0 Å². The lowest BCUT2D eigenvalue weighted by Crippen LogP contribution is -2.33. The number of carbonyl (C=O) groups is 1. The number of benzene rings is 2. The van der Waals surface area contributed by atoms with E-state index in [1.165, 1.54) is 11.1 Å². The molecule has 4 rings (SSSR count). The van der Waals surface area contributed by atoms with Crippen molar-refractivity contribution in [2.45, 2.75) is 40.0 Å². The Hall–Kier alpha value is -3.51. The maximum absolute atomic E-state index is 12.7. The van der Waals surface area contributed by atoms with E-state index in [2.05, 4.69) is 41.3 Å². The highest BCUT2D eigenvalue weighted by molar-refractivity contribution is 5.99. The van der Waals surface area contributed by atoms with Crippen LogP contribution in [0.4, 0.5) is 0 Å². The fraction of sp³-hybridized carbons (Fsp3) is 0.296. The first kappa shape index (κ1) is 22.7. The molecule has 2 aromatic heterocycles. The number of fused-ring (bicyclic) bond motifs is 1. The number of H-pyrrole nitrogens is 1. The van der Waals surface area contributed by atoms with Gasteiger partial charge in [-0.2, -0.15) is 0 Å². The average molecular weight is 446 g/mol. The van der Waals surface area contributed by atoms with Crippen molar-refractivity contribution in [3.05, 3.63) is 89.0 Å². The molecule has 172 valence electrons. The first-order valence-electron chi connectivity index (χ1n) is 11.2. The van der Waals surface area contributed by atoms with Crippen LogP contribution in [-0.2, 0) is 13.1 Å². The van der Waals surface area contributed by atoms with Gasteiger partial charge in [0.05, 0.1) is 19.1 Å². The lowest BCUT2D eigenvalue weighted by Gasteiger charge is -2.18. The van der Waals surface area contributed by atoms with Crippen LogP contribution in [0.1, 0.15) is 39.7 Å². The van der Waals surface area contributed by atoms with Crippen molar-refractivity contribution in [1.29, 1.82) is 0 Å². The number of aromatic nitrogens is 1. The minimum atomic E-state index is -0.159. The molecule has 0 fully saturated rings. The van der Waals surface area contributed by atoms with E-state index in [0.717, 1.165) is 41.0 Å². The van der Waals surface area contributed by atoms with Gasteiger partial charge in [-0.1, -0.05) is 12.1 Å². The molecule has 2 N–H and O–H groups in total. The predicted molar refractivity (Wildman–Crippen MR) is 131 cm³/mol. The van der Waals surface area contributed by atoms with Gasteiger partial charge in [-0.25, -0.2) is 0 Å². The monoisotopic (exact) mass is 445 g/mol. The van der Waals surface area contributed by atoms with E-state index >= 15 is 0 Å². The summed E-state index contributed by atoms with van der Waals surface area (Å²) in [6.45, 7) is 8.11. The molecule has 4 aromatic rings. The lowest BCUT2D eigenvalue weighted by atomic mass is 10.1. The van der Waals surface area contributed by atoms with Gasteiger partial charge < -0.3 is 19.5 Å². The maximum Gasteiger partial charge on any atom is 0.251 e. The summed E-state index contributed by atoms with van der Waals surface area (Å²) in [6, 6.07) is 15.8. The SMILES string of the molecule is Cc1[nH]c2ccc(C(=O)NCC(C)Oc3cccc(CN(C)Cc4ccoc4)c3)cc2c1C. The van der Waals surface area contributed by atoms with Gasteiger partial charge in [-0.15, -0.1) is 0 Å². The van der Waals surface area contributed by atoms with Crippen molar-refractivity contribution in [2.24, 2.45) is 0 Å². The standard InChI is InChI=1S/C27H31N3O3/c1-18(14-28-27(31)23-8-9-26-25(13-23)19(2)20(3)29-26)33-24-7-5-6-21(12-24)15-30(4)16-22-10-11-32-17-22/h5-13,17-18,29H,14-16H2,1-4H3,(H,28,31). The highest BCUT2D eigenvalue weighted by Crippen LogP contribution is 2.22. The third-order valence-electron chi connectivity index (χ3n) is 5.84. The zero-order valence-corrected chi connectivity index (χ0v) is 19.6. The van der Waals surface area contributed by atoms with Crippen molar-refractivity contribution in [2.75, 3.05) is 13.6 Å². The lowest BCUT2D eigenvalue weighted by molar-refractivity contribution is 0.0932. The summed E-state index contributed by atoms with van der Waals surface area (Å²) < 4.78 is 11.2. The van der Waals surface area contributed by atoms with Crippen LogP contribution in [-0.4, -0.2) is 35.5 Å². The molecule has 0 saturated carbocycles. The largest absolute Gasteiger partial charge is 0.489 e. The van der Waals surface area contributed by atoms with Crippen LogP contribution in [0.15, 0.2) is 65.5 Å². The molecule has 0 saturated heterocycles. The fourth-order valence-electron chi connectivity index (χ4n) is 3.99. The van der Waals surface area contributed by atoms with Crippen LogP contribution in [0, 0.1) is 13.8 Å². The van der Waals surface area contributed by atoms with Gasteiger partial charge >= 0.3 is 0 Å². The quantitative estimate of drug-likeness (QED) is 0.371. The predicted octanol–water partition coefficient (Wildman–Crippen LogP) is 5.21. The highest BCUT2D eigenvalue weighted by atomic mass is 16.5. The van der Waals surface area contributed by atoms with E-state index in [1.807, 2.05) is 50.2 Å². The van der Waals surface area contributed by atoms with Gasteiger partial charge in [0.1, 0.15) is 11.9 Å². The number of hydrogen-bond acceptors (Lipinski definition) is 4. The van der Waals surface area contributed by atoms with E-state index in [1.54, 1.807) is 12.5 Å². The molecule has 0 spiro atoms. The molecule has 2 aromatic carbocycles. The zero-order chi connectivity index (χ0) is 23.4. The second-order valence-corrected chi connectivity index (χ2v) is 8.73. The number of aryl methyl sites for hydroxylation is 2. The number of hydrogen-bond donors (Lipinski definition) is 2. The molecule has 1 unspecified atom stereocenters. The summed E-state index contributed by atoms with van der Waals surface area (Å²) in [5, 5.41) is 4.07. The molecule has 1 amide bonds. The molecule has 6 heteroatoms. The summed E-state index contributed by atoms with van der Waals surface area (Å²) in [6.07, 6.45) is 3.30. The van der Waals surface area contributed by atoms with Crippen LogP contribution in [0.3, 0.4) is 0 Å². The van der Waals surface area contributed by atoms with Crippen LogP contribution < -0.4 is 10.1 Å². The minimum absolute atomic E-state index is 0.0970. The van der Waals surface area contributed by atoms with Crippen molar-refractivity contribution in [3.8, 4) is 5.75 Å². The van der Waals surface area contributed by atoms with Gasteiger partial charge in [-0.3, -0.25) is 9.69 Å². The number of amides is 1. The first-order chi connectivity index (χ1) is 15.9. The fourth-order valence-corrected chi connectivity index (χ4v) is 3.99. The van der Waals surface area contributed by atoms with Crippen LogP contribution >= 0.6 is 0 Å². The average Bonchev–Trinajstić information content (AvgIpc) is 3.39. The summed E-state index contributed by atoms with van der Waals surface area (Å²) in [7, 11) is 2.08.